The number of carbonyl (C=O) groups is 1. The van der Waals surface area contributed by atoms with Crippen LogP contribution in [0.4, 0.5) is 0 Å². The SMILES string of the molecule is CCCCNC(=O)C1CCCN(Cc2ccccc2)C1. The second-order valence-corrected chi connectivity index (χ2v) is 5.70. The first-order valence-corrected chi connectivity index (χ1v) is 7.83. The third-order valence-electron chi connectivity index (χ3n) is 3.95. The third-order valence-corrected chi connectivity index (χ3v) is 3.95. The average molecular weight is 274 g/mol. The van der Waals surface area contributed by atoms with E-state index in [9.17, 15) is 4.79 Å². The number of amides is 1. The van der Waals surface area contributed by atoms with E-state index in [4.69, 9.17) is 0 Å². The number of hydrogen-bond acceptors (Lipinski definition) is 2. The van der Waals surface area contributed by atoms with E-state index < -0.39 is 0 Å². The molecule has 1 unspecified atom stereocenters. The predicted octanol–water partition coefficient (Wildman–Crippen LogP) is 2.81. The molecule has 1 aromatic carbocycles. The molecule has 1 aromatic rings. The topological polar surface area (TPSA) is 32.3 Å². The maximum Gasteiger partial charge on any atom is 0.224 e. The fourth-order valence-corrected chi connectivity index (χ4v) is 2.79. The maximum absolute atomic E-state index is 12.1. The largest absolute Gasteiger partial charge is 0.356 e. The highest BCUT2D eigenvalue weighted by Gasteiger charge is 2.25. The molecule has 3 nitrogen and oxygen atoms in total. The van der Waals surface area contributed by atoms with Crippen LogP contribution in [0.5, 0.6) is 0 Å². The minimum Gasteiger partial charge on any atom is -0.356 e. The van der Waals surface area contributed by atoms with Crippen LogP contribution in [0.25, 0.3) is 0 Å². The average Bonchev–Trinajstić information content (AvgIpc) is 2.49. The second kappa shape index (κ2) is 8.05. The van der Waals surface area contributed by atoms with E-state index in [0.29, 0.717) is 0 Å². The summed E-state index contributed by atoms with van der Waals surface area (Å²) in [5.74, 6) is 0.417. The highest BCUT2D eigenvalue weighted by molar-refractivity contribution is 5.78. The number of unbranched alkanes of at least 4 members (excludes halogenated alkanes) is 1. The summed E-state index contributed by atoms with van der Waals surface area (Å²) in [6.45, 7) is 5.93. The van der Waals surface area contributed by atoms with Gasteiger partial charge in [0.05, 0.1) is 5.92 Å². The first kappa shape index (κ1) is 15.0. The van der Waals surface area contributed by atoms with Gasteiger partial charge in [-0.25, -0.2) is 0 Å². The maximum atomic E-state index is 12.1. The minimum absolute atomic E-state index is 0.171. The van der Waals surface area contributed by atoms with Gasteiger partial charge < -0.3 is 5.32 Å². The highest BCUT2D eigenvalue weighted by atomic mass is 16.1. The smallest absolute Gasteiger partial charge is 0.224 e. The van der Waals surface area contributed by atoms with Crippen LogP contribution in [-0.4, -0.2) is 30.4 Å². The molecular formula is C17H26N2O. The summed E-state index contributed by atoms with van der Waals surface area (Å²) in [4.78, 5) is 14.5. The van der Waals surface area contributed by atoms with Gasteiger partial charge in [0.2, 0.25) is 5.91 Å². The minimum atomic E-state index is 0.171. The number of piperidine rings is 1. The molecule has 110 valence electrons. The van der Waals surface area contributed by atoms with Crippen molar-refractivity contribution in [2.75, 3.05) is 19.6 Å². The predicted molar refractivity (Wildman–Crippen MR) is 82.4 cm³/mol. The lowest BCUT2D eigenvalue weighted by molar-refractivity contribution is -0.126. The molecule has 2 rings (SSSR count). The Kier molecular flexibility index (Phi) is 6.06. The molecule has 1 fully saturated rings. The molecule has 0 bridgehead atoms. The molecule has 0 aromatic heterocycles. The van der Waals surface area contributed by atoms with Gasteiger partial charge in [0.15, 0.2) is 0 Å². The third kappa shape index (κ3) is 4.64. The van der Waals surface area contributed by atoms with Crippen molar-refractivity contribution >= 4 is 5.91 Å². The van der Waals surface area contributed by atoms with Gasteiger partial charge in [-0.1, -0.05) is 43.7 Å². The van der Waals surface area contributed by atoms with Gasteiger partial charge in [0.1, 0.15) is 0 Å². The molecule has 0 saturated carbocycles. The highest BCUT2D eigenvalue weighted by Crippen LogP contribution is 2.18. The molecule has 1 aliphatic heterocycles. The Morgan fingerprint density at radius 2 is 2.15 bits per heavy atom. The van der Waals surface area contributed by atoms with Crippen molar-refractivity contribution in [3.8, 4) is 0 Å². The van der Waals surface area contributed by atoms with E-state index in [2.05, 4.69) is 41.4 Å². The number of rotatable bonds is 6. The summed E-state index contributed by atoms with van der Waals surface area (Å²) in [6.07, 6.45) is 4.36. The summed E-state index contributed by atoms with van der Waals surface area (Å²) in [7, 11) is 0. The van der Waals surface area contributed by atoms with E-state index in [1.807, 2.05) is 6.07 Å². The first-order valence-electron chi connectivity index (χ1n) is 7.83. The Balaban J connectivity index is 1.80. The number of carbonyl (C=O) groups excluding carboxylic acids is 1. The zero-order valence-corrected chi connectivity index (χ0v) is 12.5. The van der Waals surface area contributed by atoms with Crippen molar-refractivity contribution in [3.63, 3.8) is 0 Å². The van der Waals surface area contributed by atoms with E-state index in [0.717, 1.165) is 51.9 Å². The van der Waals surface area contributed by atoms with Gasteiger partial charge in [-0.2, -0.15) is 0 Å². The fourth-order valence-electron chi connectivity index (χ4n) is 2.79. The van der Waals surface area contributed by atoms with Crippen LogP contribution in [0, 0.1) is 5.92 Å². The van der Waals surface area contributed by atoms with Gasteiger partial charge >= 0.3 is 0 Å². The van der Waals surface area contributed by atoms with Crippen LogP contribution < -0.4 is 5.32 Å². The summed E-state index contributed by atoms with van der Waals surface area (Å²) in [6, 6.07) is 10.5. The number of nitrogens with zero attached hydrogens (tertiary/aromatic N) is 1. The molecule has 1 saturated heterocycles. The number of nitrogens with one attached hydrogen (secondary N) is 1. The lowest BCUT2D eigenvalue weighted by atomic mass is 9.96. The lowest BCUT2D eigenvalue weighted by Gasteiger charge is -2.32. The summed E-state index contributed by atoms with van der Waals surface area (Å²) in [5, 5.41) is 3.07. The second-order valence-electron chi connectivity index (χ2n) is 5.70. The summed E-state index contributed by atoms with van der Waals surface area (Å²) >= 11 is 0. The van der Waals surface area contributed by atoms with Crippen molar-refractivity contribution in [2.45, 2.75) is 39.2 Å². The Morgan fingerprint density at radius 3 is 2.90 bits per heavy atom. The van der Waals surface area contributed by atoms with E-state index in [-0.39, 0.29) is 11.8 Å². The van der Waals surface area contributed by atoms with Crippen molar-refractivity contribution < 1.29 is 4.79 Å². The van der Waals surface area contributed by atoms with E-state index in [1.165, 1.54) is 5.56 Å². The first-order chi connectivity index (χ1) is 9.79. The Labute approximate surface area is 122 Å². The van der Waals surface area contributed by atoms with Gasteiger partial charge in [0, 0.05) is 19.6 Å². The molecule has 20 heavy (non-hydrogen) atoms. The van der Waals surface area contributed by atoms with Crippen molar-refractivity contribution in [3.05, 3.63) is 35.9 Å². The normalized spacial score (nSPS) is 19.8. The lowest BCUT2D eigenvalue weighted by Crippen LogP contribution is -2.42. The zero-order chi connectivity index (χ0) is 14.2. The molecule has 0 spiro atoms. The van der Waals surface area contributed by atoms with Crippen LogP contribution in [0.15, 0.2) is 30.3 Å². The number of hydrogen-bond donors (Lipinski definition) is 1. The van der Waals surface area contributed by atoms with Crippen molar-refractivity contribution in [1.82, 2.24) is 10.2 Å². The standard InChI is InChI=1S/C17H26N2O/c1-2-3-11-18-17(20)16-10-7-12-19(14-16)13-15-8-5-4-6-9-15/h4-6,8-9,16H,2-3,7,10-14H2,1H3,(H,18,20). The molecule has 1 atom stereocenters. The van der Waals surface area contributed by atoms with Crippen LogP contribution in [0.3, 0.4) is 0 Å². The number of likely N-dealkylation sites (tertiary alicyclic amines) is 1. The molecule has 1 amide bonds. The quantitative estimate of drug-likeness (QED) is 0.809. The van der Waals surface area contributed by atoms with Crippen molar-refractivity contribution in [1.29, 1.82) is 0 Å². The van der Waals surface area contributed by atoms with Crippen LogP contribution in [0.1, 0.15) is 38.2 Å². The Hall–Kier alpha value is -1.35. The molecule has 0 radical (unpaired) electrons. The Bertz CT molecular complexity index is 405. The van der Waals surface area contributed by atoms with Gasteiger partial charge in [0.25, 0.3) is 0 Å². The zero-order valence-electron chi connectivity index (χ0n) is 12.5. The fraction of sp³-hybridized carbons (Fsp3) is 0.588. The van der Waals surface area contributed by atoms with Crippen LogP contribution >= 0.6 is 0 Å². The van der Waals surface area contributed by atoms with Gasteiger partial charge in [-0.15, -0.1) is 0 Å². The Morgan fingerprint density at radius 1 is 1.35 bits per heavy atom. The molecule has 1 heterocycles. The van der Waals surface area contributed by atoms with Crippen molar-refractivity contribution in [2.24, 2.45) is 5.92 Å². The van der Waals surface area contributed by atoms with Crippen LogP contribution in [0.2, 0.25) is 0 Å². The number of benzene rings is 1. The summed E-state index contributed by atoms with van der Waals surface area (Å²) in [5.41, 5.74) is 1.33. The monoisotopic (exact) mass is 274 g/mol. The molecule has 0 aliphatic carbocycles. The van der Waals surface area contributed by atoms with E-state index >= 15 is 0 Å². The van der Waals surface area contributed by atoms with Crippen LogP contribution in [-0.2, 0) is 11.3 Å². The van der Waals surface area contributed by atoms with Gasteiger partial charge in [-0.3, -0.25) is 9.69 Å². The molecule has 3 heteroatoms. The van der Waals surface area contributed by atoms with Gasteiger partial charge in [-0.05, 0) is 31.4 Å². The summed E-state index contributed by atoms with van der Waals surface area (Å²) < 4.78 is 0. The molecule has 1 N–H and O–H groups in total. The van der Waals surface area contributed by atoms with E-state index in [1.54, 1.807) is 0 Å². The molecule has 1 aliphatic rings. The molecular weight excluding hydrogens is 248 g/mol.